The van der Waals surface area contributed by atoms with Crippen LogP contribution in [0.1, 0.15) is 24.1 Å². The SMILES string of the molecule is Cc1nn(C)c(SCCN(C)C)c1CNC1CC1. The van der Waals surface area contributed by atoms with Gasteiger partial charge in [0.1, 0.15) is 0 Å². The number of aromatic nitrogens is 2. The molecule has 1 aromatic heterocycles. The number of aryl methyl sites for hydroxylation is 2. The van der Waals surface area contributed by atoms with Crippen LogP contribution in [0.5, 0.6) is 0 Å². The van der Waals surface area contributed by atoms with E-state index >= 15 is 0 Å². The number of rotatable bonds is 7. The molecule has 4 nitrogen and oxygen atoms in total. The van der Waals surface area contributed by atoms with Gasteiger partial charge in [-0.3, -0.25) is 4.68 Å². The molecule has 1 aliphatic rings. The first-order valence-corrected chi connectivity index (χ1v) is 7.60. The molecule has 1 aliphatic carbocycles. The van der Waals surface area contributed by atoms with Crippen LogP contribution in [0, 0.1) is 6.92 Å². The minimum atomic E-state index is 0.754. The highest BCUT2D eigenvalue weighted by Gasteiger charge is 2.22. The average molecular weight is 268 g/mol. The van der Waals surface area contributed by atoms with Crippen LogP contribution in [0.15, 0.2) is 5.03 Å². The van der Waals surface area contributed by atoms with Gasteiger partial charge in [0.2, 0.25) is 0 Å². The van der Waals surface area contributed by atoms with Crippen LogP contribution in [0.4, 0.5) is 0 Å². The third-order valence-corrected chi connectivity index (χ3v) is 4.38. The molecule has 102 valence electrons. The minimum absolute atomic E-state index is 0.754. The van der Waals surface area contributed by atoms with Gasteiger partial charge >= 0.3 is 0 Å². The molecule has 1 saturated carbocycles. The Balaban J connectivity index is 1.96. The molecule has 5 heteroatoms. The summed E-state index contributed by atoms with van der Waals surface area (Å²) in [6.07, 6.45) is 2.67. The van der Waals surface area contributed by atoms with Crippen molar-refractivity contribution in [2.45, 2.75) is 37.4 Å². The van der Waals surface area contributed by atoms with E-state index in [9.17, 15) is 0 Å². The summed E-state index contributed by atoms with van der Waals surface area (Å²) in [5.74, 6) is 1.11. The lowest BCUT2D eigenvalue weighted by molar-refractivity contribution is 0.437. The molecule has 0 aliphatic heterocycles. The number of nitrogens with one attached hydrogen (secondary N) is 1. The fourth-order valence-corrected chi connectivity index (χ4v) is 3.20. The molecule has 0 radical (unpaired) electrons. The predicted molar refractivity (Wildman–Crippen MR) is 77.1 cm³/mol. The molecule has 2 rings (SSSR count). The van der Waals surface area contributed by atoms with E-state index in [1.807, 2.05) is 23.5 Å². The van der Waals surface area contributed by atoms with Gasteiger partial charge in [-0.1, -0.05) is 0 Å². The van der Waals surface area contributed by atoms with E-state index in [1.165, 1.54) is 23.4 Å². The lowest BCUT2D eigenvalue weighted by Crippen LogP contribution is -2.17. The summed E-state index contributed by atoms with van der Waals surface area (Å²) in [4.78, 5) is 2.22. The van der Waals surface area contributed by atoms with Crippen LogP contribution < -0.4 is 5.32 Å². The average Bonchev–Trinajstić information content (AvgIpc) is 3.06. The summed E-state index contributed by atoms with van der Waals surface area (Å²) in [5.41, 5.74) is 2.55. The number of thioether (sulfide) groups is 1. The topological polar surface area (TPSA) is 33.1 Å². The van der Waals surface area contributed by atoms with Crippen LogP contribution in [-0.2, 0) is 13.6 Å². The fourth-order valence-electron chi connectivity index (χ4n) is 1.92. The maximum Gasteiger partial charge on any atom is 0.0984 e. The molecule has 0 spiro atoms. The molecule has 1 heterocycles. The second-order valence-electron chi connectivity index (χ2n) is 5.30. The van der Waals surface area contributed by atoms with Crippen LogP contribution in [0.2, 0.25) is 0 Å². The largest absolute Gasteiger partial charge is 0.310 e. The van der Waals surface area contributed by atoms with Crippen molar-refractivity contribution in [2.75, 3.05) is 26.4 Å². The van der Waals surface area contributed by atoms with Gasteiger partial charge < -0.3 is 10.2 Å². The van der Waals surface area contributed by atoms with Crippen molar-refractivity contribution >= 4 is 11.8 Å². The van der Waals surface area contributed by atoms with E-state index in [0.717, 1.165) is 30.6 Å². The van der Waals surface area contributed by atoms with Crippen molar-refractivity contribution in [3.63, 3.8) is 0 Å². The summed E-state index contributed by atoms with van der Waals surface area (Å²) in [5, 5.41) is 9.46. The second kappa shape index (κ2) is 6.08. The zero-order valence-electron chi connectivity index (χ0n) is 11.9. The minimum Gasteiger partial charge on any atom is -0.310 e. The number of hydrogen-bond donors (Lipinski definition) is 1. The van der Waals surface area contributed by atoms with Gasteiger partial charge in [-0.2, -0.15) is 5.10 Å². The van der Waals surface area contributed by atoms with Gasteiger partial charge in [0.05, 0.1) is 10.7 Å². The highest BCUT2D eigenvalue weighted by Crippen LogP contribution is 2.26. The van der Waals surface area contributed by atoms with E-state index in [0.29, 0.717) is 0 Å². The smallest absolute Gasteiger partial charge is 0.0984 e. The molecule has 1 aromatic rings. The third-order valence-electron chi connectivity index (χ3n) is 3.21. The van der Waals surface area contributed by atoms with Crippen LogP contribution in [-0.4, -0.2) is 47.1 Å². The van der Waals surface area contributed by atoms with Gasteiger partial charge in [-0.05, 0) is 33.9 Å². The Bertz CT molecular complexity index is 396. The molecule has 0 amide bonds. The monoisotopic (exact) mass is 268 g/mol. The zero-order chi connectivity index (χ0) is 13.1. The van der Waals surface area contributed by atoms with Gasteiger partial charge in [0, 0.05) is 37.5 Å². The normalized spacial score (nSPS) is 15.6. The van der Waals surface area contributed by atoms with Gasteiger partial charge in [-0.25, -0.2) is 0 Å². The first-order chi connectivity index (χ1) is 8.58. The summed E-state index contributed by atoms with van der Waals surface area (Å²) in [6.45, 7) is 4.18. The second-order valence-corrected chi connectivity index (χ2v) is 6.38. The zero-order valence-corrected chi connectivity index (χ0v) is 12.7. The molecule has 18 heavy (non-hydrogen) atoms. The quantitative estimate of drug-likeness (QED) is 0.762. The van der Waals surface area contributed by atoms with E-state index in [-0.39, 0.29) is 0 Å². The van der Waals surface area contributed by atoms with E-state index in [2.05, 4.69) is 36.3 Å². The first-order valence-electron chi connectivity index (χ1n) is 6.61. The predicted octanol–water partition coefficient (Wildman–Crippen LogP) is 1.63. The van der Waals surface area contributed by atoms with Crippen molar-refractivity contribution in [1.29, 1.82) is 0 Å². The third kappa shape index (κ3) is 3.73. The molecule has 1 fully saturated rings. The van der Waals surface area contributed by atoms with Crippen LogP contribution in [0.25, 0.3) is 0 Å². The maximum absolute atomic E-state index is 4.55. The Morgan fingerprint density at radius 2 is 2.17 bits per heavy atom. The summed E-state index contributed by atoms with van der Waals surface area (Å²) in [6, 6.07) is 0.754. The van der Waals surface area contributed by atoms with Crippen LogP contribution in [0.3, 0.4) is 0 Å². The fraction of sp³-hybridized carbons (Fsp3) is 0.769. The Labute approximate surface area is 114 Å². The Hall–Kier alpha value is -0.520. The molecule has 0 bridgehead atoms. The summed E-state index contributed by atoms with van der Waals surface area (Å²) in [7, 11) is 6.28. The van der Waals surface area contributed by atoms with Crippen molar-refractivity contribution in [3.8, 4) is 0 Å². The Morgan fingerprint density at radius 1 is 1.44 bits per heavy atom. The van der Waals surface area contributed by atoms with Gasteiger partial charge in [0.25, 0.3) is 0 Å². The molecular weight excluding hydrogens is 244 g/mol. The van der Waals surface area contributed by atoms with E-state index in [4.69, 9.17) is 0 Å². The van der Waals surface area contributed by atoms with Crippen molar-refractivity contribution < 1.29 is 0 Å². The number of nitrogens with zero attached hydrogens (tertiary/aromatic N) is 3. The highest BCUT2D eigenvalue weighted by molar-refractivity contribution is 7.99. The van der Waals surface area contributed by atoms with E-state index in [1.54, 1.807) is 0 Å². The first kappa shape index (κ1) is 13.9. The highest BCUT2D eigenvalue weighted by atomic mass is 32.2. The maximum atomic E-state index is 4.55. The summed E-state index contributed by atoms with van der Waals surface area (Å²) >= 11 is 1.91. The molecule has 0 aromatic carbocycles. The lowest BCUT2D eigenvalue weighted by Gasteiger charge is -2.10. The standard InChI is InChI=1S/C13H24N4S/c1-10-12(9-14-11-5-6-11)13(17(4)15-10)18-8-7-16(2)3/h11,14H,5-9H2,1-4H3. The molecule has 1 N–H and O–H groups in total. The van der Waals surface area contributed by atoms with Crippen molar-refractivity contribution in [2.24, 2.45) is 7.05 Å². The van der Waals surface area contributed by atoms with Gasteiger partial charge in [-0.15, -0.1) is 11.8 Å². The van der Waals surface area contributed by atoms with Crippen molar-refractivity contribution in [3.05, 3.63) is 11.3 Å². The van der Waals surface area contributed by atoms with Crippen LogP contribution >= 0.6 is 11.8 Å². The molecular formula is C13H24N4S. The summed E-state index contributed by atoms with van der Waals surface area (Å²) < 4.78 is 2.03. The van der Waals surface area contributed by atoms with E-state index < -0.39 is 0 Å². The molecule has 0 atom stereocenters. The van der Waals surface area contributed by atoms with Crippen molar-refractivity contribution in [1.82, 2.24) is 20.0 Å². The molecule has 0 unspecified atom stereocenters. The Kier molecular flexibility index (Phi) is 4.70. The number of hydrogen-bond acceptors (Lipinski definition) is 4. The lowest BCUT2D eigenvalue weighted by atomic mass is 10.2. The van der Waals surface area contributed by atoms with Gasteiger partial charge in [0.15, 0.2) is 0 Å². The Morgan fingerprint density at radius 3 is 2.78 bits per heavy atom. The molecule has 0 saturated heterocycles.